The normalized spacial score (nSPS) is 22.5. The number of fused-ring (bicyclic) bond motifs is 1. The molecule has 1 unspecified atom stereocenters. The lowest BCUT2D eigenvalue weighted by Gasteiger charge is -2.48. The summed E-state index contributed by atoms with van der Waals surface area (Å²) < 4.78 is 59.7. The van der Waals surface area contributed by atoms with E-state index in [-0.39, 0.29) is 35.5 Å². The van der Waals surface area contributed by atoms with Crippen molar-refractivity contribution >= 4 is 11.6 Å². The number of aromatic nitrogens is 3. The molecule has 3 aromatic rings. The van der Waals surface area contributed by atoms with E-state index in [1.165, 1.54) is 27.9 Å². The first-order valence-corrected chi connectivity index (χ1v) is 12.9. The number of likely N-dealkylation sites (tertiary alicyclic amines) is 1. The van der Waals surface area contributed by atoms with Gasteiger partial charge in [-0.1, -0.05) is 25.1 Å². The quantitative estimate of drug-likeness (QED) is 0.442. The number of aliphatic hydroxyl groups is 1. The van der Waals surface area contributed by atoms with Crippen LogP contribution >= 0.6 is 0 Å². The molecule has 1 saturated carbocycles. The van der Waals surface area contributed by atoms with Crippen LogP contribution in [-0.4, -0.2) is 56.9 Å². The summed E-state index contributed by atoms with van der Waals surface area (Å²) in [6.07, 6.45) is -3.46. The fourth-order valence-electron chi connectivity index (χ4n) is 6.29. The van der Waals surface area contributed by atoms with Crippen LogP contribution in [-0.2, 0) is 18.6 Å². The van der Waals surface area contributed by atoms with Crippen molar-refractivity contribution < 1.29 is 27.5 Å². The lowest BCUT2D eigenvalue weighted by Crippen LogP contribution is -2.58. The van der Waals surface area contributed by atoms with E-state index < -0.39 is 35.3 Å². The maximum atomic E-state index is 15.8. The number of anilines is 1. The monoisotopic (exact) mass is 543 g/mol. The van der Waals surface area contributed by atoms with Crippen LogP contribution in [0.1, 0.15) is 64.9 Å². The molecule has 6 rings (SSSR count). The second kappa shape index (κ2) is 8.85. The zero-order valence-corrected chi connectivity index (χ0v) is 21.6. The molecule has 2 atom stereocenters. The molecule has 206 valence electrons. The Labute approximate surface area is 223 Å². The van der Waals surface area contributed by atoms with E-state index in [0.717, 1.165) is 6.07 Å². The van der Waals surface area contributed by atoms with Gasteiger partial charge in [-0.2, -0.15) is 13.2 Å². The highest BCUT2D eigenvalue weighted by Gasteiger charge is 2.54. The van der Waals surface area contributed by atoms with Crippen LogP contribution in [0.4, 0.5) is 23.2 Å². The molecule has 1 amide bonds. The summed E-state index contributed by atoms with van der Waals surface area (Å²) in [5.41, 5.74) is -0.907. The predicted octanol–water partition coefficient (Wildman–Crippen LogP) is 4.59. The summed E-state index contributed by atoms with van der Waals surface area (Å²) in [5.74, 6) is -0.307. The van der Waals surface area contributed by atoms with E-state index in [9.17, 15) is 23.1 Å². The van der Waals surface area contributed by atoms with Gasteiger partial charge < -0.3 is 9.67 Å². The van der Waals surface area contributed by atoms with Crippen molar-refractivity contribution in [2.75, 3.05) is 31.1 Å². The zero-order chi connectivity index (χ0) is 27.7. The maximum absolute atomic E-state index is 15.8. The second-order valence-electron chi connectivity index (χ2n) is 11.5. The summed E-state index contributed by atoms with van der Waals surface area (Å²) in [7, 11) is 1.68. The molecule has 0 spiro atoms. The zero-order valence-electron chi connectivity index (χ0n) is 21.6. The third kappa shape index (κ3) is 4.13. The Morgan fingerprint density at radius 2 is 1.87 bits per heavy atom. The van der Waals surface area contributed by atoms with Crippen LogP contribution in [0.25, 0.3) is 0 Å². The van der Waals surface area contributed by atoms with Gasteiger partial charge in [0.25, 0.3) is 5.91 Å². The van der Waals surface area contributed by atoms with E-state index in [1.807, 2.05) is 11.8 Å². The van der Waals surface area contributed by atoms with Gasteiger partial charge in [0, 0.05) is 54.3 Å². The minimum atomic E-state index is -4.63. The number of aryl methyl sites for hydroxylation is 1. The van der Waals surface area contributed by atoms with Gasteiger partial charge in [-0.25, -0.2) is 4.39 Å². The standard InChI is InChI=1S/C28H29F4N5O2/c1-26(15-38)13-36(14-26)12-21-22-19(7-4-8-20(22)28(30,31)32)25(39)37(21)18-6-3-5-17(11-18)27(9-10-27)23(29)24-34-33-16-35(24)2/h3-8,11,16,21,23,38H,9-10,12-15H2,1-2H3/t21-,23?/m1/s1. The Bertz CT molecular complexity index is 1430. The lowest BCUT2D eigenvalue weighted by atomic mass is 9.82. The van der Waals surface area contributed by atoms with Crippen LogP contribution in [0.5, 0.6) is 0 Å². The number of carbonyl (C=O) groups is 1. The van der Waals surface area contributed by atoms with E-state index >= 15 is 4.39 Å². The molecule has 0 radical (unpaired) electrons. The molecule has 2 aliphatic heterocycles. The Morgan fingerprint density at radius 3 is 2.49 bits per heavy atom. The fourth-order valence-corrected chi connectivity index (χ4v) is 6.29. The van der Waals surface area contributed by atoms with Gasteiger partial charge >= 0.3 is 6.18 Å². The molecule has 1 saturated heterocycles. The number of amides is 1. The molecule has 1 aliphatic carbocycles. The van der Waals surface area contributed by atoms with Crippen LogP contribution in [0, 0.1) is 5.41 Å². The van der Waals surface area contributed by atoms with Gasteiger partial charge in [0.2, 0.25) is 0 Å². The van der Waals surface area contributed by atoms with Gasteiger partial charge in [0.05, 0.1) is 18.2 Å². The number of halogens is 4. The third-order valence-electron chi connectivity index (χ3n) is 8.48. The van der Waals surface area contributed by atoms with Gasteiger partial charge in [-0.3, -0.25) is 14.6 Å². The van der Waals surface area contributed by atoms with Crippen LogP contribution < -0.4 is 4.90 Å². The fraction of sp³-hybridized carbons (Fsp3) is 0.464. The molecule has 11 heteroatoms. The Kier molecular flexibility index (Phi) is 5.89. The Hall–Kier alpha value is -3.31. The number of rotatable bonds is 7. The van der Waals surface area contributed by atoms with Crippen molar-refractivity contribution in [2.24, 2.45) is 12.5 Å². The second-order valence-corrected chi connectivity index (χ2v) is 11.5. The number of aliphatic hydroxyl groups excluding tert-OH is 1. The number of hydrogen-bond acceptors (Lipinski definition) is 5. The van der Waals surface area contributed by atoms with E-state index in [4.69, 9.17) is 0 Å². The summed E-state index contributed by atoms with van der Waals surface area (Å²) in [4.78, 5) is 17.1. The van der Waals surface area contributed by atoms with Crippen molar-refractivity contribution in [2.45, 2.75) is 43.6 Å². The molecule has 3 aliphatic rings. The van der Waals surface area contributed by atoms with E-state index in [1.54, 1.807) is 31.3 Å². The van der Waals surface area contributed by atoms with Crippen molar-refractivity contribution in [1.29, 1.82) is 0 Å². The molecule has 7 nitrogen and oxygen atoms in total. The number of alkyl halides is 4. The topological polar surface area (TPSA) is 74.5 Å². The SMILES string of the molecule is Cn1cnnc1C(F)C1(c2cccc(N3C(=O)c4cccc(C(F)(F)F)c4[C@H]3CN3CC(C)(CO)C3)c2)CC1. The first kappa shape index (κ1) is 25.9. The van der Waals surface area contributed by atoms with Gasteiger partial charge in [-0.05, 0) is 42.7 Å². The van der Waals surface area contributed by atoms with Crippen molar-refractivity contribution in [3.63, 3.8) is 0 Å². The minimum Gasteiger partial charge on any atom is -0.396 e. The molecular weight excluding hydrogens is 514 g/mol. The summed E-state index contributed by atoms with van der Waals surface area (Å²) in [5, 5.41) is 17.4. The van der Waals surface area contributed by atoms with E-state index in [0.29, 0.717) is 37.2 Å². The number of benzene rings is 2. The molecule has 2 fully saturated rings. The highest BCUT2D eigenvalue weighted by molar-refractivity contribution is 6.11. The van der Waals surface area contributed by atoms with Crippen molar-refractivity contribution in [3.05, 3.63) is 76.9 Å². The predicted molar refractivity (Wildman–Crippen MR) is 135 cm³/mol. The molecule has 39 heavy (non-hydrogen) atoms. The highest BCUT2D eigenvalue weighted by Crippen LogP contribution is 2.58. The summed E-state index contributed by atoms with van der Waals surface area (Å²) in [6.45, 7) is 3.09. The lowest BCUT2D eigenvalue weighted by molar-refractivity contribution is -0.138. The third-order valence-corrected chi connectivity index (χ3v) is 8.48. The maximum Gasteiger partial charge on any atom is 0.416 e. The molecule has 1 aromatic heterocycles. The highest BCUT2D eigenvalue weighted by atomic mass is 19.4. The van der Waals surface area contributed by atoms with Gasteiger partial charge in [0.15, 0.2) is 12.0 Å². The summed E-state index contributed by atoms with van der Waals surface area (Å²) in [6, 6.07) is 9.76. The minimum absolute atomic E-state index is 0.0225. The van der Waals surface area contributed by atoms with Crippen molar-refractivity contribution in [1.82, 2.24) is 19.7 Å². The average molecular weight is 544 g/mol. The largest absolute Gasteiger partial charge is 0.416 e. The van der Waals surface area contributed by atoms with Crippen LogP contribution in [0.2, 0.25) is 0 Å². The van der Waals surface area contributed by atoms with Crippen LogP contribution in [0.15, 0.2) is 48.8 Å². The molecule has 3 heterocycles. The first-order chi connectivity index (χ1) is 18.5. The Balaban J connectivity index is 1.40. The van der Waals surface area contributed by atoms with Crippen LogP contribution in [0.3, 0.4) is 0 Å². The Morgan fingerprint density at radius 1 is 1.15 bits per heavy atom. The van der Waals surface area contributed by atoms with Crippen molar-refractivity contribution in [3.8, 4) is 0 Å². The molecular formula is C28H29F4N5O2. The van der Waals surface area contributed by atoms with Gasteiger partial charge in [-0.15, -0.1) is 10.2 Å². The summed E-state index contributed by atoms with van der Waals surface area (Å²) >= 11 is 0. The molecule has 1 N–H and O–H groups in total. The average Bonchev–Trinajstić information content (AvgIpc) is 3.52. The smallest absolute Gasteiger partial charge is 0.396 e. The number of carbonyl (C=O) groups excluding carboxylic acids is 1. The molecule has 2 aromatic carbocycles. The molecule has 0 bridgehead atoms. The van der Waals surface area contributed by atoms with Gasteiger partial charge in [0.1, 0.15) is 6.33 Å². The van der Waals surface area contributed by atoms with E-state index in [2.05, 4.69) is 10.2 Å². The first-order valence-electron chi connectivity index (χ1n) is 12.9. The number of hydrogen-bond donors (Lipinski definition) is 1. The number of nitrogens with zero attached hydrogens (tertiary/aromatic N) is 5.